The van der Waals surface area contributed by atoms with E-state index in [4.69, 9.17) is 10.9 Å². The maximum atomic E-state index is 11.3. The summed E-state index contributed by atoms with van der Waals surface area (Å²) in [5.74, 6) is 0.0558. The molecule has 0 saturated heterocycles. The Kier molecular flexibility index (Phi) is 3.17. The fourth-order valence-electron chi connectivity index (χ4n) is 1.27. The van der Waals surface area contributed by atoms with Crippen LogP contribution in [0.5, 0.6) is 0 Å². The highest BCUT2D eigenvalue weighted by Crippen LogP contribution is 2.10. The summed E-state index contributed by atoms with van der Waals surface area (Å²) in [5.41, 5.74) is 5.37. The van der Waals surface area contributed by atoms with Gasteiger partial charge in [-0.25, -0.2) is 23.1 Å². The van der Waals surface area contributed by atoms with Crippen molar-refractivity contribution in [1.82, 2.24) is 19.7 Å². The quantitative estimate of drug-likeness (QED) is 0.324. The largest absolute Gasteiger partial charge is 0.409 e. The molecule has 0 aliphatic heterocycles. The third kappa shape index (κ3) is 2.68. The van der Waals surface area contributed by atoms with Gasteiger partial charge in [0.2, 0.25) is 11.7 Å². The second-order valence-electron chi connectivity index (χ2n) is 3.62. The van der Waals surface area contributed by atoms with Crippen LogP contribution in [0.1, 0.15) is 5.82 Å². The fourth-order valence-corrected chi connectivity index (χ4v) is 1.80. The number of aromatic nitrogens is 4. The monoisotopic (exact) mass is 282 g/mol. The van der Waals surface area contributed by atoms with Crippen molar-refractivity contribution in [2.24, 2.45) is 10.9 Å². The summed E-state index contributed by atoms with van der Waals surface area (Å²) in [6.07, 6.45) is 4.99. The van der Waals surface area contributed by atoms with E-state index in [2.05, 4.69) is 20.2 Å². The molecule has 9 nitrogen and oxygen atoms in total. The lowest BCUT2D eigenvalue weighted by Gasteiger charge is -2.01. The van der Waals surface area contributed by atoms with Crippen molar-refractivity contribution in [3.63, 3.8) is 0 Å². The molecule has 0 aliphatic carbocycles. The maximum Gasteiger partial charge on any atom is 0.208 e. The summed E-state index contributed by atoms with van der Waals surface area (Å²) in [4.78, 5) is 7.86. The van der Waals surface area contributed by atoms with Gasteiger partial charge in [0.05, 0.1) is 12.4 Å². The molecule has 0 bridgehead atoms. The Bertz CT molecular complexity index is 736. The van der Waals surface area contributed by atoms with Gasteiger partial charge in [-0.15, -0.1) is 0 Å². The van der Waals surface area contributed by atoms with Gasteiger partial charge in [-0.2, -0.15) is 5.10 Å². The zero-order valence-electron chi connectivity index (χ0n) is 9.79. The molecule has 0 atom stereocenters. The first kappa shape index (κ1) is 13.0. The number of hydrogen-bond acceptors (Lipinski definition) is 7. The number of sulfone groups is 1. The lowest BCUT2D eigenvalue weighted by Crippen LogP contribution is -2.18. The number of amidine groups is 1. The van der Waals surface area contributed by atoms with E-state index in [0.717, 1.165) is 6.26 Å². The average Bonchev–Trinajstić information content (AvgIpc) is 2.87. The molecule has 2 rings (SSSR count). The highest BCUT2D eigenvalue weighted by molar-refractivity contribution is 7.90. The zero-order chi connectivity index (χ0) is 14.0. The van der Waals surface area contributed by atoms with Crippen LogP contribution in [0.25, 0.3) is 5.82 Å². The normalized spacial score (nSPS) is 12.6. The number of nitrogens with two attached hydrogens (primary N) is 1. The molecule has 100 valence electrons. The molecule has 0 saturated carbocycles. The van der Waals surface area contributed by atoms with Crippen LogP contribution in [0.2, 0.25) is 0 Å². The first-order valence-electron chi connectivity index (χ1n) is 4.98. The van der Waals surface area contributed by atoms with E-state index >= 15 is 0 Å². The molecule has 3 N–H and O–H groups in total. The van der Waals surface area contributed by atoms with Gasteiger partial charge in [0.15, 0.2) is 15.7 Å². The van der Waals surface area contributed by atoms with Gasteiger partial charge in [0.25, 0.3) is 0 Å². The topological polar surface area (TPSA) is 136 Å². The minimum atomic E-state index is -3.34. The smallest absolute Gasteiger partial charge is 0.208 e. The van der Waals surface area contributed by atoms with Crippen molar-refractivity contribution in [2.75, 3.05) is 6.26 Å². The van der Waals surface area contributed by atoms with Gasteiger partial charge in [-0.3, -0.25) is 0 Å². The minimum absolute atomic E-state index is 0.0106. The highest BCUT2D eigenvalue weighted by Gasteiger charge is 2.12. The van der Waals surface area contributed by atoms with Crippen LogP contribution in [0.4, 0.5) is 0 Å². The Labute approximate surface area is 108 Å². The second-order valence-corrected chi connectivity index (χ2v) is 5.63. The number of oxime groups is 1. The summed E-state index contributed by atoms with van der Waals surface area (Å²) in [7, 11) is -3.34. The summed E-state index contributed by atoms with van der Waals surface area (Å²) in [6, 6.07) is 1.51. The van der Waals surface area contributed by atoms with Gasteiger partial charge in [0.1, 0.15) is 4.90 Å². The predicted octanol–water partition coefficient (Wildman–Crippen LogP) is -0.840. The molecule has 0 spiro atoms. The SMILES string of the molecule is CS(=O)(=O)c1cnn(-c2ccnc(/C(N)=N/O)n2)c1. The third-order valence-corrected chi connectivity index (χ3v) is 3.27. The van der Waals surface area contributed by atoms with Gasteiger partial charge in [0, 0.05) is 18.5 Å². The van der Waals surface area contributed by atoms with Crippen molar-refractivity contribution in [3.05, 3.63) is 30.5 Å². The Morgan fingerprint density at radius 2 is 2.26 bits per heavy atom. The van der Waals surface area contributed by atoms with Gasteiger partial charge < -0.3 is 10.9 Å². The first-order valence-corrected chi connectivity index (χ1v) is 6.87. The Hall–Kier alpha value is -2.49. The molecule has 2 heterocycles. The second kappa shape index (κ2) is 4.65. The number of nitrogens with zero attached hydrogens (tertiary/aromatic N) is 5. The van der Waals surface area contributed by atoms with Gasteiger partial charge >= 0.3 is 0 Å². The zero-order valence-corrected chi connectivity index (χ0v) is 10.6. The standard InChI is InChI=1S/C9H10N6O3S/c1-19(17,18)6-4-12-15(5-6)7-2-3-11-9(13-7)8(10)14-16/h2-5,16H,1H3,(H2,10,14). The summed E-state index contributed by atoms with van der Waals surface area (Å²) in [6.45, 7) is 0. The molecule has 0 radical (unpaired) electrons. The molecular weight excluding hydrogens is 272 g/mol. The maximum absolute atomic E-state index is 11.3. The lowest BCUT2D eigenvalue weighted by atomic mass is 10.5. The van der Waals surface area contributed by atoms with E-state index in [1.54, 1.807) is 0 Å². The molecule has 0 amide bonds. The summed E-state index contributed by atoms with van der Waals surface area (Å²) < 4.78 is 23.9. The molecule has 0 aromatic carbocycles. The van der Waals surface area contributed by atoms with Crippen LogP contribution >= 0.6 is 0 Å². The van der Waals surface area contributed by atoms with Crippen LogP contribution in [-0.2, 0) is 9.84 Å². The van der Waals surface area contributed by atoms with E-state index in [0.29, 0.717) is 5.82 Å². The third-order valence-electron chi connectivity index (χ3n) is 2.20. The molecular formula is C9H10N6O3S. The van der Waals surface area contributed by atoms with Crippen LogP contribution in [0.3, 0.4) is 0 Å². The molecule has 0 fully saturated rings. The average molecular weight is 282 g/mol. The van der Waals surface area contributed by atoms with Crippen molar-refractivity contribution >= 4 is 15.7 Å². The summed E-state index contributed by atoms with van der Waals surface area (Å²) in [5, 5.41) is 15.2. The van der Waals surface area contributed by atoms with E-state index < -0.39 is 9.84 Å². The van der Waals surface area contributed by atoms with E-state index in [1.165, 1.54) is 29.3 Å². The highest BCUT2D eigenvalue weighted by atomic mass is 32.2. The van der Waals surface area contributed by atoms with Crippen LogP contribution in [0.15, 0.2) is 34.7 Å². The van der Waals surface area contributed by atoms with Crippen LogP contribution < -0.4 is 5.73 Å². The predicted molar refractivity (Wildman–Crippen MR) is 64.8 cm³/mol. The lowest BCUT2D eigenvalue weighted by molar-refractivity contribution is 0.318. The van der Waals surface area contributed by atoms with Crippen LogP contribution in [-0.4, -0.2) is 45.5 Å². The molecule has 10 heteroatoms. The van der Waals surface area contributed by atoms with Crippen molar-refractivity contribution < 1.29 is 13.6 Å². The van der Waals surface area contributed by atoms with E-state index in [-0.39, 0.29) is 16.6 Å². The molecule has 19 heavy (non-hydrogen) atoms. The Balaban J connectivity index is 2.46. The molecule has 2 aromatic rings. The number of rotatable bonds is 3. The van der Waals surface area contributed by atoms with Crippen molar-refractivity contribution in [2.45, 2.75) is 4.90 Å². The Morgan fingerprint density at radius 3 is 2.84 bits per heavy atom. The van der Waals surface area contributed by atoms with Gasteiger partial charge in [-0.1, -0.05) is 5.16 Å². The molecule has 2 aromatic heterocycles. The fraction of sp³-hybridized carbons (Fsp3) is 0.111. The van der Waals surface area contributed by atoms with Crippen molar-refractivity contribution in [1.29, 1.82) is 0 Å². The summed E-state index contributed by atoms with van der Waals surface area (Å²) >= 11 is 0. The van der Waals surface area contributed by atoms with E-state index in [1.807, 2.05) is 0 Å². The Morgan fingerprint density at radius 1 is 1.53 bits per heavy atom. The van der Waals surface area contributed by atoms with Crippen molar-refractivity contribution in [3.8, 4) is 5.82 Å². The van der Waals surface area contributed by atoms with Gasteiger partial charge in [-0.05, 0) is 0 Å². The first-order chi connectivity index (χ1) is 8.91. The van der Waals surface area contributed by atoms with E-state index in [9.17, 15) is 8.42 Å². The molecule has 0 unspecified atom stereocenters. The minimum Gasteiger partial charge on any atom is -0.409 e. The molecule has 0 aliphatic rings. The van der Waals surface area contributed by atoms with Crippen LogP contribution in [0, 0.1) is 0 Å². The number of hydrogen-bond donors (Lipinski definition) is 2.